The summed E-state index contributed by atoms with van der Waals surface area (Å²) in [4.78, 5) is 32.1. The van der Waals surface area contributed by atoms with Gasteiger partial charge >= 0.3 is 5.69 Å². The molecule has 1 N–H and O–H groups in total. The average Bonchev–Trinajstić information content (AvgIpc) is 2.71. The number of benzene rings is 1. The van der Waals surface area contributed by atoms with Crippen LogP contribution in [0.3, 0.4) is 0 Å². The van der Waals surface area contributed by atoms with Crippen LogP contribution in [-0.4, -0.2) is 28.3 Å². The van der Waals surface area contributed by atoms with E-state index in [4.69, 9.17) is 9.47 Å². The Balaban J connectivity index is 1.93. The van der Waals surface area contributed by atoms with Crippen LogP contribution in [0.1, 0.15) is 31.7 Å². The maximum absolute atomic E-state index is 12.9. The second kappa shape index (κ2) is 9.21. The monoisotopic (exact) mass is 383 g/mol. The third-order valence-corrected chi connectivity index (χ3v) is 4.65. The molecule has 7 heteroatoms. The minimum atomic E-state index is -0.440. The van der Waals surface area contributed by atoms with Gasteiger partial charge in [-0.1, -0.05) is 19.8 Å². The molecule has 0 spiro atoms. The molecule has 0 unspecified atom stereocenters. The van der Waals surface area contributed by atoms with Crippen LogP contribution >= 0.6 is 0 Å². The van der Waals surface area contributed by atoms with E-state index < -0.39 is 5.69 Å². The van der Waals surface area contributed by atoms with Gasteiger partial charge in [-0.05, 0) is 36.6 Å². The number of unbranched alkanes of at least 4 members (excludes halogenated alkanes) is 2. The summed E-state index contributed by atoms with van der Waals surface area (Å²) >= 11 is 0. The number of aromatic amines is 1. The molecule has 0 fully saturated rings. The van der Waals surface area contributed by atoms with E-state index in [1.165, 1.54) is 11.7 Å². The minimum absolute atomic E-state index is 0.285. The first kappa shape index (κ1) is 19.7. The summed E-state index contributed by atoms with van der Waals surface area (Å²) < 4.78 is 12.4. The first-order chi connectivity index (χ1) is 13.6. The van der Waals surface area contributed by atoms with Crippen molar-refractivity contribution in [3.05, 3.63) is 63.1 Å². The van der Waals surface area contributed by atoms with Crippen LogP contribution in [0.25, 0.3) is 10.9 Å². The van der Waals surface area contributed by atoms with E-state index in [9.17, 15) is 9.59 Å². The van der Waals surface area contributed by atoms with E-state index in [1.54, 1.807) is 24.5 Å². The molecule has 0 aliphatic heterocycles. The maximum Gasteiger partial charge on any atom is 0.328 e. The predicted octanol–water partition coefficient (Wildman–Crippen LogP) is 2.91. The number of methoxy groups -OCH3 is 1. The summed E-state index contributed by atoms with van der Waals surface area (Å²) in [6.07, 6.45) is 7.05. The molecule has 3 aromatic rings. The molecule has 0 atom stereocenters. The summed E-state index contributed by atoms with van der Waals surface area (Å²) in [6, 6.07) is 7.03. The Morgan fingerprint density at radius 2 is 1.89 bits per heavy atom. The summed E-state index contributed by atoms with van der Waals surface area (Å²) in [6.45, 7) is 2.96. The van der Waals surface area contributed by atoms with Gasteiger partial charge in [-0.25, -0.2) is 4.79 Å². The number of aryl methyl sites for hydroxylation is 1. The molecule has 0 aliphatic rings. The number of rotatable bonds is 9. The number of H-pyrrole nitrogens is 1. The molecule has 28 heavy (non-hydrogen) atoms. The highest BCUT2D eigenvalue weighted by atomic mass is 16.5. The predicted molar refractivity (Wildman–Crippen MR) is 108 cm³/mol. The van der Waals surface area contributed by atoms with Gasteiger partial charge in [0.05, 0.1) is 24.6 Å². The Hall–Kier alpha value is -3.09. The van der Waals surface area contributed by atoms with E-state index in [1.807, 2.05) is 12.1 Å². The van der Waals surface area contributed by atoms with Crippen molar-refractivity contribution in [1.29, 1.82) is 0 Å². The van der Waals surface area contributed by atoms with Crippen LogP contribution in [0.4, 0.5) is 0 Å². The van der Waals surface area contributed by atoms with Gasteiger partial charge in [-0.3, -0.25) is 14.3 Å². The van der Waals surface area contributed by atoms with Gasteiger partial charge in [-0.2, -0.15) is 0 Å². The number of fused-ring (bicyclic) bond motifs is 1. The fourth-order valence-electron chi connectivity index (χ4n) is 3.06. The van der Waals surface area contributed by atoms with Crippen molar-refractivity contribution < 1.29 is 9.47 Å². The molecule has 2 heterocycles. The largest absolute Gasteiger partial charge is 0.493 e. The molecule has 7 nitrogen and oxygen atoms in total. The Morgan fingerprint density at radius 1 is 1.11 bits per heavy atom. The highest BCUT2D eigenvalue weighted by molar-refractivity contribution is 5.81. The lowest BCUT2D eigenvalue weighted by Gasteiger charge is -2.13. The summed E-state index contributed by atoms with van der Waals surface area (Å²) in [7, 11) is 1.54. The molecule has 2 aromatic heterocycles. The fraction of sp³-hybridized carbons (Fsp3) is 0.381. The SMILES string of the molecule is CCCCCOc1cc2c(=O)n(CCc3ccncc3)c(=O)[nH]c2cc1OC. The van der Waals surface area contributed by atoms with Crippen LogP contribution in [0.2, 0.25) is 0 Å². The first-order valence-electron chi connectivity index (χ1n) is 9.50. The van der Waals surface area contributed by atoms with Crippen molar-refractivity contribution in [3.63, 3.8) is 0 Å². The molecule has 0 amide bonds. The molecule has 0 saturated carbocycles. The zero-order valence-corrected chi connectivity index (χ0v) is 16.2. The summed E-state index contributed by atoms with van der Waals surface area (Å²) in [5, 5.41) is 0.403. The Kier molecular flexibility index (Phi) is 6.47. The first-order valence-corrected chi connectivity index (χ1v) is 9.50. The zero-order valence-electron chi connectivity index (χ0n) is 16.2. The van der Waals surface area contributed by atoms with Crippen molar-refractivity contribution in [1.82, 2.24) is 14.5 Å². The van der Waals surface area contributed by atoms with Crippen LogP contribution in [0.5, 0.6) is 11.5 Å². The van der Waals surface area contributed by atoms with Gasteiger partial charge in [0, 0.05) is 25.0 Å². The molecule has 1 aromatic carbocycles. The van der Waals surface area contributed by atoms with Crippen molar-refractivity contribution in [2.75, 3.05) is 13.7 Å². The molecular weight excluding hydrogens is 358 g/mol. The number of aromatic nitrogens is 3. The van der Waals surface area contributed by atoms with E-state index >= 15 is 0 Å². The number of hydrogen-bond acceptors (Lipinski definition) is 5. The second-order valence-corrected chi connectivity index (χ2v) is 6.60. The van der Waals surface area contributed by atoms with Crippen molar-refractivity contribution in [3.8, 4) is 11.5 Å². The van der Waals surface area contributed by atoms with E-state index in [2.05, 4.69) is 16.9 Å². The normalized spacial score (nSPS) is 10.9. The molecule has 148 valence electrons. The topological polar surface area (TPSA) is 86.2 Å². The van der Waals surface area contributed by atoms with Crippen LogP contribution in [0, 0.1) is 0 Å². The van der Waals surface area contributed by atoms with Crippen LogP contribution < -0.4 is 20.7 Å². The standard InChI is InChI=1S/C21H25N3O4/c1-3-4-5-12-28-19-13-16-17(14-18(19)27-2)23-21(26)24(20(16)25)11-8-15-6-9-22-10-7-15/h6-7,9-10,13-14H,3-5,8,11-12H2,1-2H3,(H,23,26). The number of pyridine rings is 1. The smallest absolute Gasteiger partial charge is 0.328 e. The quantitative estimate of drug-likeness (QED) is 0.574. The number of nitrogens with zero attached hydrogens (tertiary/aromatic N) is 2. The van der Waals surface area contributed by atoms with Crippen molar-refractivity contribution in [2.45, 2.75) is 39.2 Å². The Morgan fingerprint density at radius 3 is 2.61 bits per heavy atom. The minimum Gasteiger partial charge on any atom is -0.493 e. The summed E-state index contributed by atoms with van der Waals surface area (Å²) in [5.74, 6) is 1.00. The maximum atomic E-state index is 12.9. The molecule has 0 bridgehead atoms. The van der Waals surface area contributed by atoms with Crippen LogP contribution in [-0.2, 0) is 13.0 Å². The number of nitrogens with one attached hydrogen (secondary N) is 1. The number of ether oxygens (including phenoxy) is 2. The van der Waals surface area contributed by atoms with E-state index in [0.717, 1.165) is 24.8 Å². The van der Waals surface area contributed by atoms with E-state index in [-0.39, 0.29) is 12.1 Å². The average molecular weight is 383 g/mol. The van der Waals surface area contributed by atoms with Gasteiger partial charge in [0.1, 0.15) is 0 Å². The lowest BCUT2D eigenvalue weighted by atomic mass is 10.2. The Bertz CT molecular complexity index is 1040. The highest BCUT2D eigenvalue weighted by Gasteiger charge is 2.13. The molecule has 0 aliphatic carbocycles. The van der Waals surface area contributed by atoms with Gasteiger partial charge in [0.2, 0.25) is 0 Å². The third kappa shape index (κ3) is 4.42. The van der Waals surface area contributed by atoms with Crippen molar-refractivity contribution in [2.24, 2.45) is 0 Å². The second-order valence-electron chi connectivity index (χ2n) is 6.60. The van der Waals surface area contributed by atoms with Crippen molar-refractivity contribution >= 4 is 10.9 Å². The molecule has 0 radical (unpaired) electrons. The number of hydrogen-bond donors (Lipinski definition) is 1. The lowest BCUT2D eigenvalue weighted by Crippen LogP contribution is -2.35. The third-order valence-electron chi connectivity index (χ3n) is 4.65. The summed E-state index contributed by atoms with van der Waals surface area (Å²) in [5.41, 5.74) is 0.670. The highest BCUT2D eigenvalue weighted by Crippen LogP contribution is 2.30. The Labute approximate surface area is 163 Å². The van der Waals surface area contributed by atoms with Gasteiger partial charge in [-0.15, -0.1) is 0 Å². The van der Waals surface area contributed by atoms with Gasteiger partial charge < -0.3 is 14.5 Å². The van der Waals surface area contributed by atoms with Gasteiger partial charge in [0.25, 0.3) is 5.56 Å². The van der Waals surface area contributed by atoms with Crippen LogP contribution in [0.15, 0.2) is 46.2 Å². The fourth-order valence-corrected chi connectivity index (χ4v) is 3.06. The molecule has 3 rings (SSSR count). The lowest BCUT2D eigenvalue weighted by molar-refractivity contribution is 0.286. The molecule has 0 saturated heterocycles. The zero-order chi connectivity index (χ0) is 19.9. The van der Waals surface area contributed by atoms with E-state index in [0.29, 0.717) is 35.4 Å². The van der Waals surface area contributed by atoms with Gasteiger partial charge in [0.15, 0.2) is 11.5 Å². The molecular formula is C21H25N3O4.